The molecular formula is C14H13O4P. The van der Waals surface area contributed by atoms with Gasteiger partial charge in [0, 0.05) is 5.92 Å². The van der Waals surface area contributed by atoms with E-state index in [0.29, 0.717) is 0 Å². The molecule has 0 saturated heterocycles. The first-order valence-electron chi connectivity index (χ1n) is 5.91. The molecule has 3 N–H and O–H groups in total. The van der Waals surface area contributed by atoms with Crippen LogP contribution in [-0.4, -0.2) is 20.7 Å². The fraction of sp³-hybridized carbons (Fsp3) is 0.143. The van der Waals surface area contributed by atoms with Gasteiger partial charge in [0.25, 0.3) is 0 Å². The molecule has 0 radical (unpaired) electrons. The second kappa shape index (κ2) is 4.29. The number of hydrogen-bond donors (Lipinski definition) is 3. The number of fused-ring (bicyclic) bond motifs is 3. The predicted molar refractivity (Wildman–Crippen MR) is 71.8 cm³/mol. The topological polar surface area (TPSA) is 77.8 Å². The lowest BCUT2D eigenvalue weighted by molar-refractivity contribution is 0.188. The minimum atomic E-state index is -4.56. The van der Waals surface area contributed by atoms with Crippen LogP contribution in [0.2, 0.25) is 0 Å². The largest absolute Gasteiger partial charge is 0.380 e. The molecule has 5 heteroatoms. The van der Waals surface area contributed by atoms with Gasteiger partial charge in [-0.15, -0.1) is 0 Å². The summed E-state index contributed by atoms with van der Waals surface area (Å²) in [6, 6.07) is 14.8. The van der Waals surface area contributed by atoms with E-state index in [1.165, 1.54) is 0 Å². The Morgan fingerprint density at radius 1 is 0.895 bits per heavy atom. The first kappa shape index (κ1) is 12.6. The van der Waals surface area contributed by atoms with E-state index in [4.69, 9.17) is 0 Å². The lowest BCUT2D eigenvalue weighted by Crippen LogP contribution is -2.18. The molecule has 19 heavy (non-hydrogen) atoms. The second-order valence-electron chi connectivity index (χ2n) is 4.65. The summed E-state index contributed by atoms with van der Waals surface area (Å²) in [4.78, 5) is 18.5. The van der Waals surface area contributed by atoms with Crippen LogP contribution in [0.15, 0.2) is 48.5 Å². The highest BCUT2D eigenvalue weighted by atomic mass is 31.2. The Morgan fingerprint density at radius 3 is 1.74 bits per heavy atom. The summed E-state index contributed by atoms with van der Waals surface area (Å²) in [5.74, 6) is -2.38. The molecule has 1 unspecified atom stereocenters. The molecule has 4 nitrogen and oxygen atoms in total. The maximum Gasteiger partial charge on any atom is 0.354 e. The van der Waals surface area contributed by atoms with Crippen molar-refractivity contribution in [3.05, 3.63) is 59.7 Å². The van der Waals surface area contributed by atoms with Gasteiger partial charge in [-0.25, -0.2) is 0 Å². The summed E-state index contributed by atoms with van der Waals surface area (Å²) >= 11 is 0. The SMILES string of the molecule is O=P(O)(O)C(O)C1c2ccccc2-c2ccccc21. The molecule has 2 aromatic rings. The summed E-state index contributed by atoms with van der Waals surface area (Å²) in [7, 11) is -4.56. The number of aliphatic hydroxyl groups excluding tert-OH is 1. The molecule has 0 spiro atoms. The van der Waals surface area contributed by atoms with E-state index >= 15 is 0 Å². The Kier molecular flexibility index (Phi) is 2.84. The van der Waals surface area contributed by atoms with Crippen LogP contribution < -0.4 is 0 Å². The summed E-state index contributed by atoms with van der Waals surface area (Å²) in [6.07, 6.45) is 0. The Labute approximate surface area is 110 Å². The Morgan fingerprint density at radius 2 is 1.32 bits per heavy atom. The molecule has 0 amide bonds. The van der Waals surface area contributed by atoms with E-state index in [-0.39, 0.29) is 0 Å². The molecule has 3 rings (SSSR count). The molecule has 0 aliphatic heterocycles. The van der Waals surface area contributed by atoms with Crippen molar-refractivity contribution >= 4 is 7.60 Å². The fourth-order valence-corrected chi connectivity index (χ4v) is 3.42. The third kappa shape index (κ3) is 1.94. The molecule has 1 aliphatic rings. The van der Waals surface area contributed by atoms with Gasteiger partial charge in [0.1, 0.15) is 0 Å². The second-order valence-corrected chi connectivity index (χ2v) is 6.36. The first-order chi connectivity index (χ1) is 9.00. The Hall–Kier alpha value is -1.45. The van der Waals surface area contributed by atoms with Crippen molar-refractivity contribution in [3.8, 4) is 11.1 Å². The van der Waals surface area contributed by atoms with E-state index in [2.05, 4.69) is 0 Å². The maximum absolute atomic E-state index is 11.4. The lowest BCUT2D eigenvalue weighted by Gasteiger charge is -2.21. The molecule has 98 valence electrons. The van der Waals surface area contributed by atoms with Crippen LogP contribution in [0.5, 0.6) is 0 Å². The zero-order valence-electron chi connectivity index (χ0n) is 9.97. The van der Waals surface area contributed by atoms with Crippen LogP contribution in [0.25, 0.3) is 11.1 Å². The van der Waals surface area contributed by atoms with Crippen molar-refractivity contribution in [2.24, 2.45) is 0 Å². The average molecular weight is 276 g/mol. The molecule has 0 heterocycles. The van der Waals surface area contributed by atoms with E-state index in [1.54, 1.807) is 12.1 Å². The van der Waals surface area contributed by atoms with Gasteiger partial charge in [-0.05, 0) is 22.3 Å². The highest BCUT2D eigenvalue weighted by molar-refractivity contribution is 7.52. The van der Waals surface area contributed by atoms with E-state index in [0.717, 1.165) is 22.3 Å². The average Bonchev–Trinajstić information content (AvgIpc) is 2.71. The van der Waals surface area contributed by atoms with Crippen LogP contribution in [0.3, 0.4) is 0 Å². The smallest absolute Gasteiger partial charge is 0.354 e. The number of aliphatic hydroxyl groups is 1. The monoisotopic (exact) mass is 276 g/mol. The van der Waals surface area contributed by atoms with Crippen LogP contribution >= 0.6 is 7.60 Å². The quantitative estimate of drug-likeness (QED) is 0.735. The summed E-state index contributed by atoms with van der Waals surface area (Å²) in [5.41, 5.74) is 3.38. The molecule has 1 atom stereocenters. The van der Waals surface area contributed by atoms with Crippen molar-refractivity contribution in [2.75, 3.05) is 0 Å². The van der Waals surface area contributed by atoms with Gasteiger partial charge in [0.15, 0.2) is 5.85 Å². The normalized spacial score (nSPS) is 15.9. The van der Waals surface area contributed by atoms with Gasteiger partial charge in [-0.2, -0.15) is 0 Å². The highest BCUT2D eigenvalue weighted by Gasteiger charge is 2.41. The third-order valence-electron chi connectivity index (χ3n) is 3.52. The molecule has 0 fully saturated rings. The van der Waals surface area contributed by atoms with Crippen molar-refractivity contribution in [3.63, 3.8) is 0 Å². The van der Waals surface area contributed by atoms with Crippen molar-refractivity contribution in [2.45, 2.75) is 11.8 Å². The molecular weight excluding hydrogens is 263 g/mol. The third-order valence-corrected chi connectivity index (χ3v) is 4.51. The number of rotatable bonds is 2. The molecule has 0 aromatic heterocycles. The number of hydrogen-bond acceptors (Lipinski definition) is 2. The van der Waals surface area contributed by atoms with Gasteiger partial charge in [0.2, 0.25) is 0 Å². The number of benzene rings is 2. The molecule has 0 saturated carbocycles. The van der Waals surface area contributed by atoms with Crippen LogP contribution in [-0.2, 0) is 4.57 Å². The van der Waals surface area contributed by atoms with Crippen LogP contribution in [0.4, 0.5) is 0 Å². The first-order valence-corrected chi connectivity index (χ1v) is 7.60. The zero-order valence-corrected chi connectivity index (χ0v) is 10.9. The standard InChI is InChI=1S/C14H13O4P/c15-14(19(16,17)18)13-11-7-3-1-5-9(11)10-6-2-4-8-12(10)13/h1-8,13-15H,(H2,16,17,18). The van der Waals surface area contributed by atoms with Gasteiger partial charge >= 0.3 is 7.60 Å². The van der Waals surface area contributed by atoms with Gasteiger partial charge in [-0.1, -0.05) is 48.5 Å². The molecule has 2 aromatic carbocycles. The summed E-state index contributed by atoms with van der Waals surface area (Å²) in [5, 5.41) is 10.0. The van der Waals surface area contributed by atoms with E-state index in [1.807, 2.05) is 36.4 Å². The Bertz CT molecular complexity index is 631. The molecule has 1 aliphatic carbocycles. The minimum absolute atomic E-state index is 0.673. The molecule has 0 bridgehead atoms. The van der Waals surface area contributed by atoms with Gasteiger partial charge in [0.05, 0.1) is 0 Å². The Balaban J connectivity index is 2.23. The maximum atomic E-state index is 11.4. The van der Waals surface area contributed by atoms with Crippen molar-refractivity contribution < 1.29 is 19.5 Å². The van der Waals surface area contributed by atoms with Gasteiger partial charge in [-0.3, -0.25) is 4.57 Å². The fourth-order valence-electron chi connectivity index (χ4n) is 2.71. The summed E-state index contributed by atoms with van der Waals surface area (Å²) < 4.78 is 11.4. The minimum Gasteiger partial charge on any atom is -0.380 e. The predicted octanol–water partition coefficient (Wildman–Crippen LogP) is 2.29. The lowest BCUT2D eigenvalue weighted by atomic mass is 9.98. The van der Waals surface area contributed by atoms with Crippen LogP contribution in [0, 0.1) is 0 Å². The van der Waals surface area contributed by atoms with E-state index in [9.17, 15) is 19.5 Å². The highest BCUT2D eigenvalue weighted by Crippen LogP contribution is 2.54. The zero-order chi connectivity index (χ0) is 13.6. The summed E-state index contributed by atoms with van der Waals surface area (Å²) in [6.45, 7) is 0. The van der Waals surface area contributed by atoms with Gasteiger partial charge < -0.3 is 14.9 Å². The van der Waals surface area contributed by atoms with E-state index < -0.39 is 19.4 Å². The van der Waals surface area contributed by atoms with Crippen molar-refractivity contribution in [1.82, 2.24) is 0 Å². The van der Waals surface area contributed by atoms with Crippen molar-refractivity contribution in [1.29, 1.82) is 0 Å². The van der Waals surface area contributed by atoms with Crippen LogP contribution in [0.1, 0.15) is 17.0 Å².